The Balaban J connectivity index is 1.66. The number of methoxy groups -OCH3 is 1. The molecule has 0 aromatic heterocycles. The van der Waals surface area contributed by atoms with E-state index >= 15 is 0 Å². The fourth-order valence-electron chi connectivity index (χ4n) is 2.59. The van der Waals surface area contributed by atoms with E-state index in [4.69, 9.17) is 14.2 Å². The van der Waals surface area contributed by atoms with Crippen LogP contribution in [-0.2, 0) is 31.6 Å². The molecule has 1 aliphatic rings. The van der Waals surface area contributed by atoms with Gasteiger partial charge in [-0.3, -0.25) is 0 Å². The number of hydrogen-bond acceptors (Lipinski definition) is 4. The summed E-state index contributed by atoms with van der Waals surface area (Å²) >= 11 is 0. The highest BCUT2D eigenvalue weighted by atomic mass is 32.2. The summed E-state index contributed by atoms with van der Waals surface area (Å²) in [6.45, 7) is 2.83. The van der Waals surface area contributed by atoms with Gasteiger partial charge in [-0.25, -0.2) is 4.21 Å². The molecule has 1 aliphatic heterocycles. The molecule has 0 spiro atoms. The Bertz CT molecular complexity index is 740. The highest BCUT2D eigenvalue weighted by Gasteiger charge is 2.31. The third kappa shape index (κ3) is 4.64. The summed E-state index contributed by atoms with van der Waals surface area (Å²) in [5.41, 5.74) is 2.23. The Kier molecular flexibility index (Phi) is 6.15. The first-order valence-corrected chi connectivity index (χ1v) is 9.32. The van der Waals surface area contributed by atoms with E-state index in [1.165, 1.54) is 0 Å². The van der Waals surface area contributed by atoms with Crippen LogP contribution in [0.3, 0.4) is 0 Å². The van der Waals surface area contributed by atoms with Crippen molar-refractivity contribution in [2.75, 3.05) is 13.7 Å². The maximum Gasteiger partial charge on any atom is 0.178 e. The van der Waals surface area contributed by atoms with Gasteiger partial charge in [0.25, 0.3) is 0 Å². The van der Waals surface area contributed by atoms with Gasteiger partial charge in [0.2, 0.25) is 0 Å². The van der Waals surface area contributed by atoms with E-state index in [1.54, 1.807) is 13.2 Å². The lowest BCUT2D eigenvalue weighted by atomic mass is 10.2. The molecule has 0 N–H and O–H groups in total. The minimum absolute atomic E-state index is 0.332. The molecular weight excluding hydrogens is 336 g/mol. The first kappa shape index (κ1) is 18.0. The second-order valence-electron chi connectivity index (χ2n) is 5.88. The molecule has 0 saturated carbocycles. The summed E-state index contributed by atoms with van der Waals surface area (Å²) in [6.07, 6.45) is 0.914. The van der Waals surface area contributed by atoms with Crippen LogP contribution in [0.1, 0.15) is 11.1 Å². The third-order valence-corrected chi connectivity index (χ3v) is 5.51. The number of rotatable bonds is 7. The van der Waals surface area contributed by atoms with Crippen LogP contribution >= 0.6 is 0 Å². The predicted octanol–water partition coefficient (Wildman–Crippen LogP) is 3.57. The third-order valence-electron chi connectivity index (χ3n) is 3.98. The molecule has 0 bridgehead atoms. The van der Waals surface area contributed by atoms with Crippen molar-refractivity contribution in [2.45, 2.75) is 30.8 Å². The molecule has 2 aromatic rings. The average Bonchev–Trinajstić information content (AvgIpc) is 3.06. The molecule has 0 fully saturated rings. The molecule has 3 atom stereocenters. The Labute approximate surface area is 150 Å². The van der Waals surface area contributed by atoms with Crippen LogP contribution in [0.5, 0.6) is 0 Å². The Morgan fingerprint density at radius 2 is 1.80 bits per heavy atom. The van der Waals surface area contributed by atoms with E-state index in [0.29, 0.717) is 18.1 Å². The predicted molar refractivity (Wildman–Crippen MR) is 97.4 cm³/mol. The van der Waals surface area contributed by atoms with Crippen molar-refractivity contribution in [1.82, 2.24) is 0 Å². The molecule has 132 valence electrons. The smallest absolute Gasteiger partial charge is 0.178 e. The van der Waals surface area contributed by atoms with Crippen molar-refractivity contribution in [2.24, 2.45) is 0 Å². The van der Waals surface area contributed by atoms with Crippen LogP contribution in [0.2, 0.25) is 0 Å². The molecule has 0 aliphatic carbocycles. The van der Waals surface area contributed by atoms with Gasteiger partial charge in [-0.2, -0.15) is 0 Å². The molecule has 4 nitrogen and oxygen atoms in total. The molecule has 0 saturated heterocycles. The summed E-state index contributed by atoms with van der Waals surface area (Å²) in [5, 5.41) is 0. The summed E-state index contributed by atoms with van der Waals surface area (Å²) in [6, 6.07) is 17.6. The maximum absolute atomic E-state index is 12.9. The van der Waals surface area contributed by atoms with Crippen molar-refractivity contribution in [1.29, 1.82) is 0 Å². The number of benzene rings is 2. The van der Waals surface area contributed by atoms with Crippen LogP contribution in [0.4, 0.5) is 0 Å². The molecule has 3 rings (SSSR count). The summed E-state index contributed by atoms with van der Waals surface area (Å²) in [4.78, 5) is 1.45. The lowest BCUT2D eigenvalue weighted by Gasteiger charge is -2.16. The van der Waals surface area contributed by atoms with E-state index in [9.17, 15) is 4.21 Å². The topological polar surface area (TPSA) is 44.8 Å². The maximum atomic E-state index is 12.9. The Hall–Kier alpha value is -1.79. The van der Waals surface area contributed by atoms with Crippen molar-refractivity contribution in [3.63, 3.8) is 0 Å². The molecule has 25 heavy (non-hydrogen) atoms. The van der Waals surface area contributed by atoms with E-state index in [2.05, 4.69) is 0 Å². The largest absolute Gasteiger partial charge is 0.374 e. The van der Waals surface area contributed by atoms with Gasteiger partial charge in [0.15, 0.2) is 6.29 Å². The van der Waals surface area contributed by atoms with Crippen LogP contribution in [0, 0.1) is 6.92 Å². The first-order valence-electron chi connectivity index (χ1n) is 8.17. The van der Waals surface area contributed by atoms with Crippen LogP contribution in [0.15, 0.2) is 70.5 Å². The second kappa shape index (κ2) is 8.54. The standard InChI is InChI=1S/C20H22O4S/c1-15-8-10-17(11-9-15)25(21)19-12-20(22-2)24-18(19)14-23-13-16-6-4-3-5-7-16/h3-12,18,20H,13-14H2,1-2H3/t18-,20+,25?/m1/s1. The van der Waals surface area contributed by atoms with E-state index in [-0.39, 0.29) is 6.10 Å². The highest BCUT2D eigenvalue weighted by Crippen LogP contribution is 2.28. The van der Waals surface area contributed by atoms with Gasteiger partial charge in [0, 0.05) is 12.0 Å². The molecular formula is C20H22O4S. The molecule has 5 heteroatoms. The molecule has 0 amide bonds. The summed E-state index contributed by atoms with van der Waals surface area (Å²) < 4.78 is 29.7. The van der Waals surface area contributed by atoms with Gasteiger partial charge in [-0.15, -0.1) is 0 Å². The summed E-state index contributed by atoms with van der Waals surface area (Å²) in [5.74, 6) is 0. The highest BCUT2D eigenvalue weighted by molar-refractivity contribution is 7.89. The lowest BCUT2D eigenvalue weighted by molar-refractivity contribution is -0.116. The number of aryl methyl sites for hydroxylation is 1. The van der Waals surface area contributed by atoms with Crippen molar-refractivity contribution < 1.29 is 18.4 Å². The number of ether oxygens (including phenoxy) is 3. The average molecular weight is 358 g/mol. The molecule has 2 aromatic carbocycles. The van der Waals surface area contributed by atoms with Crippen LogP contribution < -0.4 is 0 Å². The SMILES string of the molecule is CO[C@@H]1C=C(S(=O)c2ccc(C)cc2)[C@@H](COCc2ccccc2)O1. The van der Waals surface area contributed by atoms with E-state index in [0.717, 1.165) is 16.0 Å². The fourth-order valence-corrected chi connectivity index (χ4v) is 3.84. The molecule has 0 radical (unpaired) electrons. The van der Waals surface area contributed by atoms with Crippen molar-refractivity contribution in [3.05, 3.63) is 76.7 Å². The Morgan fingerprint density at radius 3 is 2.48 bits per heavy atom. The first-order chi connectivity index (χ1) is 12.2. The number of hydrogen-bond donors (Lipinski definition) is 0. The molecule has 1 heterocycles. The summed E-state index contributed by atoms with van der Waals surface area (Å²) in [7, 11) is 0.279. The molecule has 1 unspecified atom stereocenters. The normalized spacial score (nSPS) is 21.1. The van der Waals surface area contributed by atoms with Gasteiger partial charge in [0.05, 0.1) is 28.9 Å². The van der Waals surface area contributed by atoms with Crippen molar-refractivity contribution in [3.8, 4) is 0 Å². The lowest BCUT2D eigenvalue weighted by Crippen LogP contribution is -2.23. The van der Waals surface area contributed by atoms with E-state index < -0.39 is 17.1 Å². The van der Waals surface area contributed by atoms with Gasteiger partial charge < -0.3 is 14.2 Å². The minimum Gasteiger partial charge on any atom is -0.374 e. The minimum atomic E-state index is -1.29. The van der Waals surface area contributed by atoms with Crippen molar-refractivity contribution >= 4 is 10.8 Å². The zero-order chi connectivity index (χ0) is 17.6. The van der Waals surface area contributed by atoms with E-state index in [1.807, 2.05) is 61.5 Å². The Morgan fingerprint density at radius 1 is 1.08 bits per heavy atom. The van der Waals surface area contributed by atoms with Gasteiger partial charge in [-0.05, 0) is 30.7 Å². The monoisotopic (exact) mass is 358 g/mol. The van der Waals surface area contributed by atoms with Crippen LogP contribution in [0.25, 0.3) is 0 Å². The van der Waals surface area contributed by atoms with Gasteiger partial charge in [-0.1, -0.05) is 48.0 Å². The van der Waals surface area contributed by atoms with Gasteiger partial charge >= 0.3 is 0 Å². The second-order valence-corrected chi connectivity index (χ2v) is 7.36. The van der Waals surface area contributed by atoms with Gasteiger partial charge in [0.1, 0.15) is 6.10 Å². The zero-order valence-corrected chi connectivity index (χ0v) is 15.2. The quantitative estimate of drug-likeness (QED) is 0.759. The van der Waals surface area contributed by atoms with Crippen LogP contribution in [-0.4, -0.2) is 30.3 Å². The zero-order valence-electron chi connectivity index (χ0n) is 14.4. The fraction of sp³-hybridized carbons (Fsp3) is 0.300.